The van der Waals surface area contributed by atoms with Crippen molar-refractivity contribution in [2.24, 2.45) is 0 Å². The van der Waals surface area contributed by atoms with E-state index in [1.807, 2.05) is 0 Å². The third kappa shape index (κ3) is 5.96. The molecule has 0 radical (unpaired) electrons. The summed E-state index contributed by atoms with van der Waals surface area (Å²) in [5.41, 5.74) is 0. The van der Waals surface area contributed by atoms with Crippen molar-refractivity contribution < 1.29 is 4.90 Å². The van der Waals surface area contributed by atoms with Gasteiger partial charge in [-0.05, 0) is 6.42 Å². The van der Waals surface area contributed by atoms with Crippen molar-refractivity contribution in [3.8, 4) is 0 Å². The Labute approximate surface area is 46.3 Å². The van der Waals surface area contributed by atoms with Crippen molar-refractivity contribution in [1.82, 2.24) is 0 Å². The second kappa shape index (κ2) is 4.13. The van der Waals surface area contributed by atoms with Crippen LogP contribution in [-0.4, -0.2) is 20.6 Å². The van der Waals surface area contributed by atoms with Crippen LogP contribution in [0.15, 0.2) is 0 Å². The molecule has 1 N–H and O–H groups in total. The highest BCUT2D eigenvalue weighted by molar-refractivity contribution is 4.24. The van der Waals surface area contributed by atoms with Crippen molar-refractivity contribution in [3.63, 3.8) is 0 Å². The first-order valence-corrected chi connectivity index (χ1v) is 3.06. The second-order valence-corrected chi connectivity index (χ2v) is 2.31. The first kappa shape index (κ1) is 6.96. The topological polar surface area (TPSA) is 4.44 Å². The maximum absolute atomic E-state index is 2.23. The zero-order valence-corrected chi connectivity index (χ0v) is 5.62. The summed E-state index contributed by atoms with van der Waals surface area (Å²) in [5, 5.41) is 0. The van der Waals surface area contributed by atoms with Crippen molar-refractivity contribution in [2.75, 3.05) is 20.6 Å². The molecule has 0 aromatic carbocycles. The highest BCUT2D eigenvalue weighted by Gasteiger charge is 1.87. The number of hydrogen-bond acceptors (Lipinski definition) is 0. The van der Waals surface area contributed by atoms with E-state index in [1.54, 1.807) is 4.90 Å². The maximum Gasteiger partial charge on any atom is 0.0766 e. The van der Waals surface area contributed by atoms with Gasteiger partial charge in [-0.25, -0.2) is 0 Å². The van der Waals surface area contributed by atoms with E-state index in [-0.39, 0.29) is 0 Å². The fourth-order valence-electron chi connectivity index (χ4n) is 0.530. The fourth-order valence-corrected chi connectivity index (χ4v) is 0.530. The van der Waals surface area contributed by atoms with E-state index in [9.17, 15) is 0 Å². The molecule has 0 saturated heterocycles. The molecule has 0 saturated carbocycles. The lowest BCUT2D eigenvalue weighted by Crippen LogP contribution is -3.05. The van der Waals surface area contributed by atoms with E-state index in [0.717, 1.165) is 0 Å². The largest absolute Gasteiger partial charge is 0.340 e. The predicted octanol–water partition coefficient (Wildman–Crippen LogP) is -0.0690. The maximum atomic E-state index is 2.23. The lowest BCUT2D eigenvalue weighted by Gasteiger charge is -2.03. The van der Waals surface area contributed by atoms with Crippen LogP contribution in [0.5, 0.6) is 0 Å². The molecule has 44 valence electrons. The first-order valence-electron chi connectivity index (χ1n) is 3.06. The van der Waals surface area contributed by atoms with Crippen LogP contribution in [0.25, 0.3) is 0 Å². The fraction of sp³-hybridized carbons (Fsp3) is 1.00. The van der Waals surface area contributed by atoms with E-state index < -0.39 is 0 Å². The summed E-state index contributed by atoms with van der Waals surface area (Å²) in [6, 6.07) is 0. The van der Waals surface area contributed by atoms with E-state index in [1.165, 1.54) is 19.4 Å². The first-order chi connectivity index (χ1) is 3.27. The molecule has 0 spiro atoms. The molecule has 0 heterocycles. The molecule has 0 aromatic heterocycles. The molecule has 0 atom stereocenters. The summed E-state index contributed by atoms with van der Waals surface area (Å²) in [6.45, 7) is 3.54. The summed E-state index contributed by atoms with van der Waals surface area (Å²) in [6.07, 6.45) is 2.69. The van der Waals surface area contributed by atoms with E-state index in [4.69, 9.17) is 0 Å². The third-order valence-electron chi connectivity index (χ3n) is 1.03. The van der Waals surface area contributed by atoms with Gasteiger partial charge in [0.15, 0.2) is 0 Å². The number of quaternary nitrogens is 1. The quantitative estimate of drug-likeness (QED) is 0.509. The zero-order chi connectivity index (χ0) is 5.70. The lowest BCUT2D eigenvalue weighted by molar-refractivity contribution is -0.858. The summed E-state index contributed by atoms with van der Waals surface area (Å²) in [4.78, 5) is 1.56. The minimum absolute atomic E-state index is 1.32. The van der Waals surface area contributed by atoms with Crippen LogP contribution in [0.2, 0.25) is 0 Å². The predicted molar refractivity (Wildman–Crippen MR) is 32.6 cm³/mol. The molecule has 0 aliphatic heterocycles. The van der Waals surface area contributed by atoms with E-state index >= 15 is 0 Å². The highest BCUT2D eigenvalue weighted by Crippen LogP contribution is 1.77. The normalized spacial score (nSPS) is 10.3. The lowest BCUT2D eigenvalue weighted by atomic mass is 10.3. The summed E-state index contributed by atoms with van der Waals surface area (Å²) >= 11 is 0. The zero-order valence-electron chi connectivity index (χ0n) is 5.62. The van der Waals surface area contributed by atoms with Gasteiger partial charge in [-0.2, -0.15) is 0 Å². The Morgan fingerprint density at radius 3 is 2.00 bits per heavy atom. The molecule has 1 heteroatoms. The van der Waals surface area contributed by atoms with Gasteiger partial charge in [0.1, 0.15) is 0 Å². The molecule has 0 bridgehead atoms. The molecule has 1 nitrogen and oxygen atoms in total. The van der Waals surface area contributed by atoms with Crippen molar-refractivity contribution in [3.05, 3.63) is 0 Å². The molecule has 0 fully saturated rings. The Kier molecular flexibility index (Phi) is 4.10. The second-order valence-electron chi connectivity index (χ2n) is 2.31. The van der Waals surface area contributed by atoms with Gasteiger partial charge >= 0.3 is 0 Å². The van der Waals surface area contributed by atoms with Crippen molar-refractivity contribution in [2.45, 2.75) is 19.8 Å². The van der Waals surface area contributed by atoms with Gasteiger partial charge in [0.05, 0.1) is 20.6 Å². The van der Waals surface area contributed by atoms with Crippen molar-refractivity contribution >= 4 is 0 Å². The Bertz CT molecular complexity index is 33.2. The number of hydrogen-bond donors (Lipinski definition) is 1. The number of nitrogens with one attached hydrogen (secondary N) is 1. The molecule has 0 aliphatic carbocycles. The van der Waals surface area contributed by atoms with Gasteiger partial charge in [-0.1, -0.05) is 13.3 Å². The minimum Gasteiger partial charge on any atom is -0.340 e. The monoisotopic (exact) mass is 102 g/mol. The SMILES string of the molecule is CCCC[NH+](C)C. The van der Waals surface area contributed by atoms with Crippen molar-refractivity contribution in [1.29, 1.82) is 0 Å². The summed E-state index contributed by atoms with van der Waals surface area (Å²) in [7, 11) is 4.38. The molecule has 0 unspecified atom stereocenters. The van der Waals surface area contributed by atoms with Crippen LogP contribution in [0, 0.1) is 0 Å². The minimum atomic E-state index is 1.32. The average Bonchev–Trinajstić information content (AvgIpc) is 1.61. The van der Waals surface area contributed by atoms with Crippen LogP contribution in [0.4, 0.5) is 0 Å². The average molecular weight is 102 g/mol. The molecular weight excluding hydrogens is 86.1 g/mol. The van der Waals surface area contributed by atoms with E-state index in [0.29, 0.717) is 0 Å². The standard InChI is InChI=1S/C6H15N/c1-4-5-6-7(2)3/h4-6H2,1-3H3/p+1. The molecule has 7 heavy (non-hydrogen) atoms. The molecule has 0 amide bonds. The van der Waals surface area contributed by atoms with Gasteiger partial charge in [-0.3, -0.25) is 0 Å². The third-order valence-corrected chi connectivity index (χ3v) is 1.03. The van der Waals surface area contributed by atoms with Gasteiger partial charge in [0.25, 0.3) is 0 Å². The summed E-state index contributed by atoms with van der Waals surface area (Å²) in [5.74, 6) is 0. The Morgan fingerprint density at radius 2 is 1.86 bits per heavy atom. The molecule has 0 rings (SSSR count). The molecule has 0 aromatic rings. The van der Waals surface area contributed by atoms with Crippen LogP contribution < -0.4 is 4.90 Å². The Morgan fingerprint density at radius 1 is 1.29 bits per heavy atom. The smallest absolute Gasteiger partial charge is 0.0766 e. The Hall–Kier alpha value is -0.0400. The van der Waals surface area contributed by atoms with Crippen LogP contribution >= 0.6 is 0 Å². The number of rotatable bonds is 3. The molecular formula is C6H16N+. The van der Waals surface area contributed by atoms with Gasteiger partial charge in [-0.15, -0.1) is 0 Å². The van der Waals surface area contributed by atoms with Gasteiger partial charge in [0, 0.05) is 0 Å². The van der Waals surface area contributed by atoms with Gasteiger partial charge < -0.3 is 4.90 Å². The Balaban J connectivity index is 2.68. The number of unbranched alkanes of at least 4 members (excludes halogenated alkanes) is 1. The van der Waals surface area contributed by atoms with Crippen LogP contribution in [0.3, 0.4) is 0 Å². The highest BCUT2D eigenvalue weighted by atomic mass is 15.0. The van der Waals surface area contributed by atoms with E-state index in [2.05, 4.69) is 21.0 Å². The van der Waals surface area contributed by atoms with Crippen LogP contribution in [-0.2, 0) is 0 Å². The molecule has 0 aliphatic rings. The summed E-state index contributed by atoms with van der Waals surface area (Å²) < 4.78 is 0. The van der Waals surface area contributed by atoms with Gasteiger partial charge in [0.2, 0.25) is 0 Å². The van der Waals surface area contributed by atoms with Crippen LogP contribution in [0.1, 0.15) is 19.8 Å².